The molecule has 2 N–H and O–H groups in total. The van der Waals surface area contributed by atoms with Crippen LogP contribution in [0.1, 0.15) is 18.4 Å². The standard InChI is InChI=1S/C15H23NO4/c1-18-13-7-12(8-14(19-2)15(13)17)9-16-5-3-11-4-6-20-10-11/h7-8,11,16-17H,3-6,9-10H2,1-2H3. The van der Waals surface area contributed by atoms with Crippen molar-refractivity contribution in [3.8, 4) is 17.2 Å². The third-order valence-corrected chi connectivity index (χ3v) is 3.62. The fourth-order valence-electron chi connectivity index (χ4n) is 2.40. The Balaban J connectivity index is 1.85. The maximum absolute atomic E-state index is 9.84. The lowest BCUT2D eigenvalue weighted by atomic mass is 10.1. The quantitative estimate of drug-likeness (QED) is 0.748. The summed E-state index contributed by atoms with van der Waals surface area (Å²) in [4.78, 5) is 0. The molecule has 1 aliphatic rings. The van der Waals surface area contributed by atoms with Crippen molar-refractivity contribution >= 4 is 0 Å². The van der Waals surface area contributed by atoms with E-state index >= 15 is 0 Å². The zero-order valence-electron chi connectivity index (χ0n) is 12.1. The highest BCUT2D eigenvalue weighted by Gasteiger charge is 2.15. The van der Waals surface area contributed by atoms with Gasteiger partial charge in [-0.05, 0) is 43.0 Å². The first-order valence-corrected chi connectivity index (χ1v) is 6.97. The minimum absolute atomic E-state index is 0.0434. The Hall–Kier alpha value is -1.46. The van der Waals surface area contributed by atoms with Crippen molar-refractivity contribution in [1.29, 1.82) is 0 Å². The van der Waals surface area contributed by atoms with Crippen molar-refractivity contribution in [2.24, 2.45) is 5.92 Å². The average molecular weight is 281 g/mol. The molecule has 5 heteroatoms. The van der Waals surface area contributed by atoms with E-state index in [0.29, 0.717) is 17.4 Å². The largest absolute Gasteiger partial charge is 0.502 e. The van der Waals surface area contributed by atoms with E-state index in [9.17, 15) is 5.11 Å². The number of phenolic OH excluding ortho intramolecular Hbond substituents is 1. The summed E-state index contributed by atoms with van der Waals surface area (Å²) in [6.45, 7) is 3.47. The molecule has 1 unspecified atom stereocenters. The Labute approximate surface area is 119 Å². The van der Waals surface area contributed by atoms with Crippen molar-refractivity contribution in [3.63, 3.8) is 0 Å². The van der Waals surface area contributed by atoms with Crippen molar-refractivity contribution in [3.05, 3.63) is 17.7 Å². The Kier molecular flexibility index (Phi) is 5.49. The molecule has 2 rings (SSSR count). The van der Waals surface area contributed by atoms with E-state index in [1.807, 2.05) is 12.1 Å². The Morgan fingerprint density at radius 2 is 2.00 bits per heavy atom. The van der Waals surface area contributed by atoms with Crippen molar-refractivity contribution < 1.29 is 19.3 Å². The normalized spacial score (nSPS) is 18.2. The van der Waals surface area contributed by atoms with Crippen LogP contribution in [0.3, 0.4) is 0 Å². The summed E-state index contributed by atoms with van der Waals surface area (Å²) in [5, 5.41) is 13.2. The number of rotatable bonds is 7. The zero-order valence-corrected chi connectivity index (χ0v) is 12.1. The van der Waals surface area contributed by atoms with Gasteiger partial charge in [0.05, 0.1) is 14.2 Å². The van der Waals surface area contributed by atoms with E-state index in [-0.39, 0.29) is 5.75 Å². The molecule has 1 aliphatic heterocycles. The first-order valence-electron chi connectivity index (χ1n) is 6.97. The molecule has 1 fully saturated rings. The lowest BCUT2D eigenvalue weighted by Gasteiger charge is -2.12. The lowest BCUT2D eigenvalue weighted by molar-refractivity contribution is 0.184. The lowest BCUT2D eigenvalue weighted by Crippen LogP contribution is -2.18. The van der Waals surface area contributed by atoms with Gasteiger partial charge in [0.2, 0.25) is 5.75 Å². The number of benzene rings is 1. The molecule has 1 atom stereocenters. The van der Waals surface area contributed by atoms with Gasteiger partial charge in [-0.15, -0.1) is 0 Å². The fourth-order valence-corrected chi connectivity index (χ4v) is 2.40. The molecule has 0 radical (unpaired) electrons. The number of aromatic hydroxyl groups is 1. The Morgan fingerprint density at radius 1 is 1.30 bits per heavy atom. The van der Waals surface area contributed by atoms with Crippen LogP contribution in [0, 0.1) is 5.92 Å². The molecule has 5 nitrogen and oxygen atoms in total. The molecular formula is C15H23NO4. The summed E-state index contributed by atoms with van der Waals surface area (Å²) in [7, 11) is 3.07. The second kappa shape index (κ2) is 7.36. The molecule has 0 spiro atoms. The molecule has 0 bridgehead atoms. The Morgan fingerprint density at radius 3 is 2.55 bits per heavy atom. The summed E-state index contributed by atoms with van der Waals surface area (Å²) in [6.07, 6.45) is 2.30. The molecule has 112 valence electrons. The monoisotopic (exact) mass is 281 g/mol. The molecule has 1 aromatic rings. The van der Waals surface area contributed by atoms with Crippen LogP contribution in [0.15, 0.2) is 12.1 Å². The first kappa shape index (κ1) is 14.9. The van der Waals surface area contributed by atoms with Gasteiger partial charge in [0.1, 0.15) is 0 Å². The van der Waals surface area contributed by atoms with Gasteiger partial charge < -0.3 is 24.6 Å². The number of hydrogen-bond donors (Lipinski definition) is 2. The molecule has 0 aromatic heterocycles. The van der Waals surface area contributed by atoms with Crippen molar-refractivity contribution in [1.82, 2.24) is 5.32 Å². The van der Waals surface area contributed by atoms with E-state index in [1.165, 1.54) is 20.6 Å². The van der Waals surface area contributed by atoms with Crippen LogP contribution in [0.2, 0.25) is 0 Å². The van der Waals surface area contributed by atoms with E-state index < -0.39 is 0 Å². The van der Waals surface area contributed by atoms with Gasteiger partial charge in [-0.3, -0.25) is 0 Å². The smallest absolute Gasteiger partial charge is 0.200 e. The molecule has 0 aliphatic carbocycles. The van der Waals surface area contributed by atoms with Gasteiger partial charge in [0, 0.05) is 19.8 Å². The molecule has 20 heavy (non-hydrogen) atoms. The molecule has 1 saturated heterocycles. The van der Waals surface area contributed by atoms with Crippen molar-refractivity contribution in [2.45, 2.75) is 19.4 Å². The van der Waals surface area contributed by atoms with E-state index in [1.54, 1.807) is 0 Å². The van der Waals surface area contributed by atoms with Crippen LogP contribution in [0.4, 0.5) is 0 Å². The van der Waals surface area contributed by atoms with Crippen LogP contribution in [-0.2, 0) is 11.3 Å². The third-order valence-electron chi connectivity index (χ3n) is 3.62. The SMILES string of the molecule is COc1cc(CNCCC2CCOC2)cc(OC)c1O. The highest BCUT2D eigenvalue weighted by molar-refractivity contribution is 5.52. The maximum atomic E-state index is 9.84. The van der Waals surface area contributed by atoms with E-state index in [4.69, 9.17) is 14.2 Å². The van der Waals surface area contributed by atoms with E-state index in [2.05, 4.69) is 5.32 Å². The van der Waals surface area contributed by atoms with Gasteiger partial charge in [0.25, 0.3) is 0 Å². The maximum Gasteiger partial charge on any atom is 0.200 e. The van der Waals surface area contributed by atoms with Gasteiger partial charge in [0.15, 0.2) is 11.5 Å². The predicted molar refractivity (Wildman–Crippen MR) is 76.5 cm³/mol. The third kappa shape index (κ3) is 3.77. The first-order chi connectivity index (χ1) is 9.74. The molecule has 0 saturated carbocycles. The topological polar surface area (TPSA) is 60.0 Å². The van der Waals surface area contributed by atoms with Crippen molar-refractivity contribution in [2.75, 3.05) is 34.0 Å². The van der Waals surface area contributed by atoms with Gasteiger partial charge in [-0.25, -0.2) is 0 Å². The molecule has 0 amide bonds. The van der Waals surface area contributed by atoms with Crippen LogP contribution in [-0.4, -0.2) is 39.1 Å². The van der Waals surface area contributed by atoms with Gasteiger partial charge in [-0.2, -0.15) is 0 Å². The van der Waals surface area contributed by atoms with E-state index in [0.717, 1.165) is 38.3 Å². The summed E-state index contributed by atoms with van der Waals surface area (Å²) in [6, 6.07) is 3.65. The van der Waals surface area contributed by atoms with Gasteiger partial charge >= 0.3 is 0 Å². The van der Waals surface area contributed by atoms with Crippen LogP contribution in [0.25, 0.3) is 0 Å². The van der Waals surface area contributed by atoms with Gasteiger partial charge in [-0.1, -0.05) is 0 Å². The number of methoxy groups -OCH3 is 2. The van der Waals surface area contributed by atoms with Crippen LogP contribution < -0.4 is 14.8 Å². The second-order valence-electron chi connectivity index (χ2n) is 5.04. The second-order valence-corrected chi connectivity index (χ2v) is 5.04. The van der Waals surface area contributed by atoms with Crippen LogP contribution in [0.5, 0.6) is 17.2 Å². The number of nitrogens with one attached hydrogen (secondary N) is 1. The predicted octanol–water partition coefficient (Wildman–Crippen LogP) is 1.93. The number of hydrogen-bond acceptors (Lipinski definition) is 5. The summed E-state index contributed by atoms with van der Waals surface area (Å²) >= 11 is 0. The molecule has 1 heterocycles. The Bertz CT molecular complexity index is 405. The highest BCUT2D eigenvalue weighted by atomic mass is 16.5. The highest BCUT2D eigenvalue weighted by Crippen LogP contribution is 2.36. The minimum Gasteiger partial charge on any atom is -0.502 e. The van der Waals surface area contributed by atoms with Crippen LogP contribution >= 0.6 is 0 Å². The average Bonchev–Trinajstić information content (AvgIpc) is 2.98. The zero-order chi connectivity index (χ0) is 14.4. The number of phenols is 1. The summed E-state index contributed by atoms with van der Waals surface area (Å²) in [5.74, 6) is 1.60. The minimum atomic E-state index is 0.0434. The molecular weight excluding hydrogens is 258 g/mol. The molecule has 1 aromatic carbocycles. The summed E-state index contributed by atoms with van der Waals surface area (Å²) < 4.78 is 15.6. The summed E-state index contributed by atoms with van der Waals surface area (Å²) in [5.41, 5.74) is 1.03. The number of ether oxygens (including phenoxy) is 3. The fraction of sp³-hybridized carbons (Fsp3) is 0.600.